The number of hydrogen-bond donors (Lipinski definition) is 1. The van der Waals surface area contributed by atoms with Crippen molar-refractivity contribution in [2.24, 2.45) is 0 Å². The first-order valence-electron chi connectivity index (χ1n) is 3.49. The lowest BCUT2D eigenvalue weighted by molar-refractivity contribution is -0.142. The summed E-state index contributed by atoms with van der Waals surface area (Å²) in [6.45, 7) is 5.26. The highest BCUT2D eigenvalue weighted by Crippen LogP contribution is 2.28. The number of nitrogens with zero attached hydrogens (tertiary/aromatic N) is 1. The van der Waals surface area contributed by atoms with Gasteiger partial charge in [-0.25, -0.2) is 0 Å². The molecule has 0 bridgehead atoms. The average Bonchev–Trinajstić information content (AvgIpc) is 1.81. The topological polar surface area (TPSA) is 40.5 Å². The molecule has 0 radical (unpaired) electrons. The van der Waals surface area contributed by atoms with E-state index in [9.17, 15) is 4.79 Å². The van der Waals surface area contributed by atoms with E-state index in [1.54, 1.807) is 0 Å². The molecule has 1 rings (SSSR count). The lowest BCUT2D eigenvalue weighted by Gasteiger charge is -2.47. The molecule has 10 heavy (non-hydrogen) atoms. The molecule has 0 aromatic rings. The maximum absolute atomic E-state index is 10.2. The summed E-state index contributed by atoms with van der Waals surface area (Å²) in [5.41, 5.74) is 0.123. The van der Waals surface area contributed by atoms with Crippen LogP contribution in [0.5, 0.6) is 0 Å². The second-order valence-electron chi connectivity index (χ2n) is 3.38. The number of carboxylic acids is 1. The molecule has 58 valence electrons. The zero-order chi connectivity index (χ0) is 7.78. The fourth-order valence-corrected chi connectivity index (χ4v) is 1.17. The highest BCUT2D eigenvalue weighted by molar-refractivity contribution is 5.69. The normalized spacial score (nSPS) is 23.8. The summed E-state index contributed by atoms with van der Waals surface area (Å²) in [6, 6.07) is 0. The summed E-state index contributed by atoms with van der Waals surface area (Å²) < 4.78 is 0. The Kier molecular flexibility index (Phi) is 1.68. The molecular weight excluding hydrogens is 130 g/mol. The summed E-state index contributed by atoms with van der Waals surface area (Å²) in [4.78, 5) is 12.2. The van der Waals surface area contributed by atoms with Crippen molar-refractivity contribution in [1.82, 2.24) is 4.90 Å². The Hall–Kier alpha value is -0.570. The van der Waals surface area contributed by atoms with Crippen molar-refractivity contribution >= 4 is 5.97 Å². The monoisotopic (exact) mass is 143 g/mol. The fourth-order valence-electron chi connectivity index (χ4n) is 1.17. The number of rotatable bonds is 2. The molecule has 0 amide bonds. The Morgan fingerprint density at radius 1 is 1.70 bits per heavy atom. The highest BCUT2D eigenvalue weighted by Gasteiger charge is 2.36. The van der Waals surface area contributed by atoms with Crippen LogP contribution >= 0.6 is 0 Å². The van der Waals surface area contributed by atoms with Crippen LogP contribution in [-0.2, 0) is 4.79 Å². The first-order valence-corrected chi connectivity index (χ1v) is 3.49. The van der Waals surface area contributed by atoms with Crippen LogP contribution in [0.25, 0.3) is 0 Å². The van der Waals surface area contributed by atoms with Crippen LogP contribution in [0.4, 0.5) is 0 Å². The maximum Gasteiger partial charge on any atom is 0.317 e. The summed E-state index contributed by atoms with van der Waals surface area (Å²) >= 11 is 0. The molecule has 3 nitrogen and oxygen atoms in total. The third kappa shape index (κ3) is 1.29. The predicted molar refractivity (Wildman–Crippen MR) is 37.9 cm³/mol. The first kappa shape index (κ1) is 7.54. The number of carboxylic acid groups (broad SMARTS) is 1. The van der Waals surface area contributed by atoms with Crippen molar-refractivity contribution < 1.29 is 9.90 Å². The highest BCUT2D eigenvalue weighted by atomic mass is 16.4. The van der Waals surface area contributed by atoms with Crippen LogP contribution in [0.15, 0.2) is 0 Å². The Morgan fingerprint density at radius 2 is 2.30 bits per heavy atom. The smallest absolute Gasteiger partial charge is 0.317 e. The molecule has 0 saturated carbocycles. The van der Waals surface area contributed by atoms with Gasteiger partial charge < -0.3 is 5.11 Å². The molecule has 0 atom stereocenters. The number of hydrogen-bond acceptors (Lipinski definition) is 2. The second kappa shape index (κ2) is 2.23. The molecule has 1 heterocycles. The summed E-state index contributed by atoms with van der Waals surface area (Å²) in [7, 11) is 0. The van der Waals surface area contributed by atoms with E-state index < -0.39 is 5.97 Å². The molecule has 0 aliphatic carbocycles. The Labute approximate surface area is 60.6 Å². The van der Waals surface area contributed by atoms with E-state index in [1.165, 1.54) is 0 Å². The Morgan fingerprint density at radius 3 is 2.40 bits per heavy atom. The van der Waals surface area contributed by atoms with Crippen LogP contribution in [-0.4, -0.2) is 34.6 Å². The molecule has 1 aliphatic rings. The van der Waals surface area contributed by atoms with Gasteiger partial charge in [0.2, 0.25) is 0 Å². The molecule has 1 fully saturated rings. The van der Waals surface area contributed by atoms with E-state index in [4.69, 9.17) is 5.11 Å². The van der Waals surface area contributed by atoms with Gasteiger partial charge in [0.05, 0.1) is 6.54 Å². The van der Waals surface area contributed by atoms with Crippen molar-refractivity contribution in [2.45, 2.75) is 25.8 Å². The van der Waals surface area contributed by atoms with Gasteiger partial charge in [-0.2, -0.15) is 0 Å². The van der Waals surface area contributed by atoms with Crippen molar-refractivity contribution in [3.05, 3.63) is 0 Å². The van der Waals surface area contributed by atoms with Gasteiger partial charge in [0.15, 0.2) is 0 Å². The van der Waals surface area contributed by atoms with E-state index in [0.29, 0.717) is 0 Å². The van der Waals surface area contributed by atoms with Gasteiger partial charge >= 0.3 is 5.97 Å². The van der Waals surface area contributed by atoms with Gasteiger partial charge in [-0.1, -0.05) is 0 Å². The SMILES string of the molecule is CC1(C)CCN1CC(=O)O. The third-order valence-corrected chi connectivity index (χ3v) is 2.18. The van der Waals surface area contributed by atoms with E-state index in [1.807, 2.05) is 4.90 Å². The van der Waals surface area contributed by atoms with Crippen molar-refractivity contribution in [3.63, 3.8) is 0 Å². The van der Waals surface area contributed by atoms with Gasteiger partial charge in [0.1, 0.15) is 0 Å². The van der Waals surface area contributed by atoms with Crippen LogP contribution in [0.3, 0.4) is 0 Å². The number of likely N-dealkylation sites (tertiary alicyclic amines) is 1. The van der Waals surface area contributed by atoms with Crippen molar-refractivity contribution in [3.8, 4) is 0 Å². The summed E-state index contributed by atoms with van der Waals surface area (Å²) in [5.74, 6) is -0.729. The molecule has 0 spiro atoms. The van der Waals surface area contributed by atoms with Crippen molar-refractivity contribution in [2.75, 3.05) is 13.1 Å². The second-order valence-corrected chi connectivity index (χ2v) is 3.38. The van der Waals surface area contributed by atoms with Crippen LogP contribution in [0.2, 0.25) is 0 Å². The minimum Gasteiger partial charge on any atom is -0.480 e. The molecule has 1 N–H and O–H groups in total. The number of carbonyl (C=O) groups is 1. The van der Waals surface area contributed by atoms with E-state index in [-0.39, 0.29) is 12.1 Å². The van der Waals surface area contributed by atoms with Gasteiger partial charge in [0.25, 0.3) is 0 Å². The summed E-state index contributed by atoms with van der Waals surface area (Å²) in [6.07, 6.45) is 1.11. The standard InChI is InChI=1S/C7H13NO2/c1-7(2)3-4-8(7)5-6(9)10/h3-5H2,1-2H3,(H,9,10). The van der Waals surface area contributed by atoms with E-state index in [2.05, 4.69) is 13.8 Å². The van der Waals surface area contributed by atoms with Crippen molar-refractivity contribution in [1.29, 1.82) is 0 Å². The zero-order valence-electron chi connectivity index (χ0n) is 6.42. The fraction of sp³-hybridized carbons (Fsp3) is 0.857. The lowest BCUT2D eigenvalue weighted by Crippen LogP contribution is -2.57. The Bertz CT molecular complexity index is 154. The minimum atomic E-state index is -0.729. The van der Waals surface area contributed by atoms with Gasteiger partial charge in [-0.3, -0.25) is 9.69 Å². The van der Waals surface area contributed by atoms with Crippen LogP contribution in [0, 0.1) is 0 Å². The molecule has 3 heteroatoms. The summed E-state index contributed by atoms with van der Waals surface area (Å²) in [5, 5.41) is 8.44. The van der Waals surface area contributed by atoms with Gasteiger partial charge in [-0.15, -0.1) is 0 Å². The molecule has 0 aromatic carbocycles. The predicted octanol–water partition coefficient (Wildman–Crippen LogP) is 0.555. The number of aliphatic carboxylic acids is 1. The Balaban J connectivity index is 2.37. The molecule has 1 aliphatic heterocycles. The quantitative estimate of drug-likeness (QED) is 0.614. The molecule has 0 aromatic heterocycles. The molecule has 0 unspecified atom stereocenters. The van der Waals surface area contributed by atoms with E-state index >= 15 is 0 Å². The minimum absolute atomic E-state index is 0.123. The van der Waals surface area contributed by atoms with Crippen LogP contribution in [0.1, 0.15) is 20.3 Å². The van der Waals surface area contributed by atoms with E-state index in [0.717, 1.165) is 13.0 Å². The zero-order valence-corrected chi connectivity index (χ0v) is 6.42. The third-order valence-electron chi connectivity index (χ3n) is 2.18. The molecule has 1 saturated heterocycles. The maximum atomic E-state index is 10.2. The van der Waals surface area contributed by atoms with Gasteiger partial charge in [-0.05, 0) is 20.3 Å². The largest absolute Gasteiger partial charge is 0.480 e. The average molecular weight is 143 g/mol. The van der Waals surface area contributed by atoms with Crippen LogP contribution < -0.4 is 0 Å². The lowest BCUT2D eigenvalue weighted by atomic mass is 9.89. The van der Waals surface area contributed by atoms with Gasteiger partial charge in [0, 0.05) is 12.1 Å². The molecular formula is C7H13NO2. The first-order chi connectivity index (χ1) is 4.52.